The van der Waals surface area contributed by atoms with Gasteiger partial charge in [-0.05, 0) is 43.9 Å². The van der Waals surface area contributed by atoms with Gasteiger partial charge < -0.3 is 14.3 Å². The lowest BCUT2D eigenvalue weighted by molar-refractivity contribution is 0.0915. The summed E-state index contributed by atoms with van der Waals surface area (Å²) < 4.78 is 12.7. The van der Waals surface area contributed by atoms with Crippen molar-refractivity contribution < 1.29 is 13.7 Å². The van der Waals surface area contributed by atoms with E-state index in [4.69, 9.17) is 8.94 Å². The van der Waals surface area contributed by atoms with E-state index in [1.807, 2.05) is 33.9 Å². The third-order valence-electron chi connectivity index (χ3n) is 5.61. The molecule has 1 aliphatic rings. The number of amides is 1. The summed E-state index contributed by atoms with van der Waals surface area (Å²) in [6.07, 6.45) is 3.75. The molecule has 0 bridgehead atoms. The first-order valence-electron chi connectivity index (χ1n) is 10.4. The van der Waals surface area contributed by atoms with Crippen molar-refractivity contribution in [3.63, 3.8) is 0 Å². The van der Waals surface area contributed by atoms with Gasteiger partial charge in [0.15, 0.2) is 17.2 Å². The summed E-state index contributed by atoms with van der Waals surface area (Å²) in [7, 11) is 1.81. The van der Waals surface area contributed by atoms with Crippen LogP contribution in [0.15, 0.2) is 33.4 Å². The van der Waals surface area contributed by atoms with Gasteiger partial charge in [-0.1, -0.05) is 19.0 Å². The number of nitrogens with one attached hydrogen (secondary N) is 1. The minimum Gasteiger partial charge on any atom is -0.463 e. The van der Waals surface area contributed by atoms with Crippen LogP contribution in [0.25, 0.3) is 22.5 Å². The van der Waals surface area contributed by atoms with Crippen LogP contribution in [0.3, 0.4) is 0 Å². The Balaban J connectivity index is 1.54. The number of furan rings is 1. The number of nitrogens with zero attached hydrogens (tertiary/aromatic N) is 5. The fourth-order valence-electron chi connectivity index (χ4n) is 3.79. The number of rotatable bonds is 6. The average Bonchev–Trinajstić information content (AvgIpc) is 3.14. The Hall–Kier alpha value is -3.49. The van der Waals surface area contributed by atoms with E-state index in [-0.39, 0.29) is 11.8 Å². The third kappa shape index (κ3) is 3.49. The maximum atomic E-state index is 13.5. The Kier molecular flexibility index (Phi) is 4.60. The zero-order valence-corrected chi connectivity index (χ0v) is 17.9. The number of carbonyl (C=O) groups is 1. The molecule has 1 amide bonds. The van der Waals surface area contributed by atoms with Gasteiger partial charge in [0.05, 0.1) is 22.9 Å². The molecule has 1 N–H and O–H groups in total. The van der Waals surface area contributed by atoms with Gasteiger partial charge in [0.2, 0.25) is 5.89 Å². The minimum atomic E-state index is -0.403. The molecule has 1 aliphatic carbocycles. The highest BCUT2D eigenvalue weighted by Gasteiger charge is 2.32. The SMILES string of the molecule is Cc1nn(C)c2nc(-c3ccco3)cc(C(=O)NC(c3nc(C4CC4)no3)C(C)C)c12. The third-order valence-corrected chi connectivity index (χ3v) is 5.61. The molecule has 31 heavy (non-hydrogen) atoms. The first kappa shape index (κ1) is 19.5. The normalized spacial score (nSPS) is 15.0. The first-order valence-corrected chi connectivity index (χ1v) is 10.4. The lowest BCUT2D eigenvalue weighted by atomic mass is 10.0. The number of aromatic nitrogens is 5. The fourth-order valence-corrected chi connectivity index (χ4v) is 3.79. The maximum Gasteiger partial charge on any atom is 0.252 e. The van der Waals surface area contributed by atoms with Crippen molar-refractivity contribution in [2.45, 2.75) is 45.6 Å². The van der Waals surface area contributed by atoms with Gasteiger partial charge in [0, 0.05) is 13.0 Å². The Bertz CT molecular complexity index is 1250. The van der Waals surface area contributed by atoms with E-state index in [9.17, 15) is 4.79 Å². The minimum absolute atomic E-state index is 0.0633. The second kappa shape index (κ2) is 7.33. The van der Waals surface area contributed by atoms with E-state index in [1.54, 1.807) is 23.1 Å². The molecule has 0 radical (unpaired) electrons. The second-order valence-electron chi connectivity index (χ2n) is 8.40. The van der Waals surface area contributed by atoms with Gasteiger partial charge in [-0.15, -0.1) is 0 Å². The molecular formula is C22H24N6O3. The molecule has 1 saturated carbocycles. The van der Waals surface area contributed by atoms with Crippen molar-refractivity contribution in [3.05, 3.63) is 47.4 Å². The Labute approximate surface area is 178 Å². The summed E-state index contributed by atoms with van der Waals surface area (Å²) >= 11 is 0. The zero-order chi connectivity index (χ0) is 21.7. The quantitative estimate of drug-likeness (QED) is 0.503. The Morgan fingerprint density at radius 1 is 1.29 bits per heavy atom. The van der Waals surface area contributed by atoms with Crippen molar-refractivity contribution >= 4 is 16.9 Å². The Morgan fingerprint density at radius 2 is 2.10 bits per heavy atom. The van der Waals surface area contributed by atoms with Crippen LogP contribution in [-0.2, 0) is 7.05 Å². The highest BCUT2D eigenvalue weighted by molar-refractivity contribution is 6.07. The lowest BCUT2D eigenvalue weighted by Gasteiger charge is -2.19. The second-order valence-corrected chi connectivity index (χ2v) is 8.40. The first-order chi connectivity index (χ1) is 14.9. The molecule has 1 unspecified atom stereocenters. The van der Waals surface area contributed by atoms with Crippen LogP contribution in [0.5, 0.6) is 0 Å². The molecule has 9 heteroatoms. The molecule has 4 aromatic heterocycles. The molecule has 0 saturated heterocycles. The number of pyridine rings is 1. The summed E-state index contributed by atoms with van der Waals surface area (Å²) in [6.45, 7) is 5.89. The van der Waals surface area contributed by atoms with E-state index in [0.717, 1.165) is 24.4 Å². The van der Waals surface area contributed by atoms with Crippen LogP contribution in [-0.4, -0.2) is 30.8 Å². The number of fused-ring (bicyclic) bond motifs is 1. The summed E-state index contributed by atoms with van der Waals surface area (Å²) in [5.74, 6) is 1.94. The van der Waals surface area contributed by atoms with Crippen LogP contribution in [0.1, 0.15) is 66.4 Å². The van der Waals surface area contributed by atoms with Gasteiger partial charge in [-0.25, -0.2) is 4.98 Å². The molecule has 5 rings (SSSR count). The molecule has 4 aromatic rings. The van der Waals surface area contributed by atoms with Gasteiger partial charge in [0.1, 0.15) is 11.7 Å². The molecule has 1 fully saturated rings. The van der Waals surface area contributed by atoms with Crippen molar-refractivity contribution in [2.24, 2.45) is 13.0 Å². The predicted octanol–water partition coefficient (Wildman–Crippen LogP) is 3.92. The monoisotopic (exact) mass is 420 g/mol. The Morgan fingerprint density at radius 3 is 2.77 bits per heavy atom. The fraction of sp³-hybridized carbons (Fsp3) is 0.409. The van der Waals surface area contributed by atoms with Crippen LogP contribution < -0.4 is 5.32 Å². The van der Waals surface area contributed by atoms with Crippen LogP contribution in [0.2, 0.25) is 0 Å². The number of aryl methyl sites for hydroxylation is 2. The van der Waals surface area contributed by atoms with Crippen molar-refractivity contribution in [1.29, 1.82) is 0 Å². The summed E-state index contributed by atoms with van der Waals surface area (Å²) in [4.78, 5) is 22.7. The maximum absolute atomic E-state index is 13.5. The predicted molar refractivity (Wildman–Crippen MR) is 112 cm³/mol. The smallest absolute Gasteiger partial charge is 0.252 e. The number of carbonyl (C=O) groups excluding carboxylic acids is 1. The van der Waals surface area contributed by atoms with Crippen LogP contribution in [0.4, 0.5) is 0 Å². The lowest BCUT2D eigenvalue weighted by Crippen LogP contribution is -2.32. The zero-order valence-electron chi connectivity index (χ0n) is 17.9. The molecule has 0 aliphatic heterocycles. The van der Waals surface area contributed by atoms with E-state index >= 15 is 0 Å². The highest BCUT2D eigenvalue weighted by atomic mass is 16.5. The largest absolute Gasteiger partial charge is 0.463 e. The number of hydrogen-bond acceptors (Lipinski definition) is 7. The van der Waals surface area contributed by atoms with E-state index < -0.39 is 6.04 Å². The summed E-state index contributed by atoms with van der Waals surface area (Å²) in [5, 5.41) is 12.4. The standard InChI is InChI=1S/C22H24N6O3/c1-11(2)18(22-25-19(27-31-22)13-7-8-13)24-21(29)14-10-15(16-6-5-9-30-16)23-20-17(14)12(3)26-28(20)4/h5-6,9-11,13,18H,7-8H2,1-4H3,(H,24,29). The molecular weight excluding hydrogens is 396 g/mol. The van der Waals surface area contributed by atoms with E-state index in [2.05, 4.69) is 25.5 Å². The molecule has 160 valence electrons. The van der Waals surface area contributed by atoms with E-state index in [0.29, 0.717) is 39.9 Å². The molecule has 4 heterocycles. The summed E-state index contributed by atoms with van der Waals surface area (Å²) in [5.41, 5.74) is 2.40. The van der Waals surface area contributed by atoms with Crippen molar-refractivity contribution in [3.8, 4) is 11.5 Å². The molecule has 0 spiro atoms. The average molecular weight is 420 g/mol. The van der Waals surface area contributed by atoms with Crippen molar-refractivity contribution in [1.82, 2.24) is 30.2 Å². The topological polar surface area (TPSA) is 112 Å². The summed E-state index contributed by atoms with van der Waals surface area (Å²) in [6, 6.07) is 4.94. The van der Waals surface area contributed by atoms with Gasteiger partial charge >= 0.3 is 0 Å². The molecule has 0 aromatic carbocycles. The van der Waals surface area contributed by atoms with Gasteiger partial charge in [-0.3, -0.25) is 9.48 Å². The highest BCUT2D eigenvalue weighted by Crippen LogP contribution is 2.39. The van der Waals surface area contributed by atoms with Crippen LogP contribution in [0, 0.1) is 12.8 Å². The molecule has 9 nitrogen and oxygen atoms in total. The van der Waals surface area contributed by atoms with Gasteiger partial charge in [0.25, 0.3) is 5.91 Å². The van der Waals surface area contributed by atoms with E-state index in [1.165, 1.54) is 0 Å². The van der Waals surface area contributed by atoms with Crippen molar-refractivity contribution in [2.75, 3.05) is 0 Å². The number of hydrogen-bond donors (Lipinski definition) is 1. The molecule has 1 atom stereocenters. The van der Waals surface area contributed by atoms with Gasteiger partial charge in [-0.2, -0.15) is 10.1 Å². The van der Waals surface area contributed by atoms with Crippen LogP contribution >= 0.6 is 0 Å².